The van der Waals surface area contributed by atoms with E-state index in [1.54, 1.807) is 0 Å². The Morgan fingerprint density at radius 1 is 1.38 bits per heavy atom. The average molecular weight is 188 g/mol. The maximum atomic E-state index is 12.6. The monoisotopic (exact) mass is 188 g/mol. The summed E-state index contributed by atoms with van der Waals surface area (Å²) in [5.41, 5.74) is -0.273. The van der Waals surface area contributed by atoms with Crippen molar-refractivity contribution in [3.63, 3.8) is 0 Å². The number of carboxylic acids is 1. The predicted molar refractivity (Wildman–Crippen MR) is 39.4 cm³/mol. The van der Waals surface area contributed by atoms with Gasteiger partial charge < -0.3 is 10.2 Å². The number of halogens is 2. The highest BCUT2D eigenvalue weighted by Crippen LogP contribution is 2.22. The van der Waals surface area contributed by atoms with Gasteiger partial charge in [0.25, 0.3) is 0 Å². The Labute approximate surface area is 72.2 Å². The summed E-state index contributed by atoms with van der Waals surface area (Å²) in [6, 6.07) is 1.27. The molecule has 0 aliphatic heterocycles. The predicted octanol–water partition coefficient (Wildman–Crippen LogP) is 1.30. The van der Waals surface area contributed by atoms with E-state index < -0.39 is 29.8 Å². The Kier molecular flexibility index (Phi) is 2.46. The van der Waals surface area contributed by atoms with Gasteiger partial charge in [0.05, 0.1) is 6.42 Å². The van der Waals surface area contributed by atoms with Crippen LogP contribution in [-0.4, -0.2) is 16.2 Å². The number of rotatable bonds is 2. The van der Waals surface area contributed by atoms with E-state index in [1.165, 1.54) is 0 Å². The van der Waals surface area contributed by atoms with Crippen molar-refractivity contribution >= 4 is 5.97 Å². The molecule has 13 heavy (non-hydrogen) atoms. The van der Waals surface area contributed by atoms with Gasteiger partial charge in [-0.2, -0.15) is 0 Å². The third-order valence-electron chi connectivity index (χ3n) is 1.45. The summed E-state index contributed by atoms with van der Waals surface area (Å²) >= 11 is 0. The van der Waals surface area contributed by atoms with Crippen LogP contribution >= 0.6 is 0 Å². The summed E-state index contributed by atoms with van der Waals surface area (Å²) in [6.45, 7) is 0. The normalized spacial score (nSPS) is 10.0. The molecule has 0 spiro atoms. The number of hydrogen-bond donors (Lipinski definition) is 2. The van der Waals surface area contributed by atoms with Crippen molar-refractivity contribution in [2.45, 2.75) is 6.42 Å². The summed E-state index contributed by atoms with van der Waals surface area (Å²) in [5, 5.41) is 17.3. The standard InChI is InChI=1S/C8H6F2O3/c9-5-1-4(2-7(11)12)8(13)6(10)3-5/h1,3,13H,2H2,(H,11,12). The molecule has 0 saturated heterocycles. The molecule has 0 aromatic heterocycles. The lowest BCUT2D eigenvalue weighted by Crippen LogP contribution is -2.01. The molecule has 0 aliphatic carbocycles. The van der Waals surface area contributed by atoms with Crippen molar-refractivity contribution in [3.05, 3.63) is 29.3 Å². The number of aliphatic carboxylic acids is 1. The Balaban J connectivity index is 3.12. The number of benzene rings is 1. The summed E-state index contributed by atoms with van der Waals surface area (Å²) in [4.78, 5) is 10.2. The van der Waals surface area contributed by atoms with E-state index in [1.807, 2.05) is 0 Å². The van der Waals surface area contributed by atoms with E-state index in [0.717, 1.165) is 6.07 Å². The zero-order chi connectivity index (χ0) is 10.0. The SMILES string of the molecule is O=C(O)Cc1cc(F)cc(F)c1O. The van der Waals surface area contributed by atoms with E-state index in [2.05, 4.69) is 0 Å². The van der Waals surface area contributed by atoms with E-state index in [4.69, 9.17) is 10.2 Å². The quantitative estimate of drug-likeness (QED) is 0.735. The zero-order valence-corrected chi connectivity index (χ0v) is 6.42. The summed E-state index contributed by atoms with van der Waals surface area (Å²) in [6.07, 6.45) is -0.611. The zero-order valence-electron chi connectivity index (χ0n) is 6.42. The minimum atomic E-state index is -1.26. The number of phenols is 1. The Morgan fingerprint density at radius 3 is 2.54 bits per heavy atom. The molecule has 70 valence electrons. The van der Waals surface area contributed by atoms with Crippen molar-refractivity contribution < 1.29 is 23.8 Å². The molecule has 0 amide bonds. The lowest BCUT2D eigenvalue weighted by Gasteiger charge is -2.02. The molecule has 0 heterocycles. The van der Waals surface area contributed by atoms with Gasteiger partial charge in [-0.1, -0.05) is 0 Å². The van der Waals surface area contributed by atoms with Gasteiger partial charge in [-0.05, 0) is 6.07 Å². The summed E-state index contributed by atoms with van der Waals surface area (Å²) < 4.78 is 25.1. The molecule has 0 bridgehead atoms. The Morgan fingerprint density at radius 2 is 2.00 bits per heavy atom. The number of aromatic hydroxyl groups is 1. The molecular formula is C8H6F2O3. The van der Waals surface area contributed by atoms with Crippen molar-refractivity contribution in [1.82, 2.24) is 0 Å². The average Bonchev–Trinajstić information content (AvgIpc) is 1.98. The van der Waals surface area contributed by atoms with Crippen LogP contribution in [0.15, 0.2) is 12.1 Å². The van der Waals surface area contributed by atoms with Gasteiger partial charge in [0.2, 0.25) is 0 Å². The molecule has 2 N–H and O–H groups in total. The lowest BCUT2D eigenvalue weighted by atomic mass is 10.1. The van der Waals surface area contributed by atoms with Crippen LogP contribution in [0.5, 0.6) is 5.75 Å². The molecule has 3 nitrogen and oxygen atoms in total. The van der Waals surface area contributed by atoms with E-state index in [0.29, 0.717) is 6.07 Å². The van der Waals surface area contributed by atoms with Crippen LogP contribution in [0.25, 0.3) is 0 Å². The van der Waals surface area contributed by atoms with Gasteiger partial charge in [-0.3, -0.25) is 4.79 Å². The topological polar surface area (TPSA) is 57.5 Å². The van der Waals surface area contributed by atoms with Gasteiger partial charge in [-0.15, -0.1) is 0 Å². The van der Waals surface area contributed by atoms with Crippen molar-refractivity contribution in [3.8, 4) is 5.75 Å². The van der Waals surface area contributed by atoms with E-state index >= 15 is 0 Å². The first-order valence-electron chi connectivity index (χ1n) is 3.39. The van der Waals surface area contributed by atoms with Gasteiger partial charge in [-0.25, -0.2) is 8.78 Å². The van der Waals surface area contributed by atoms with Crippen molar-refractivity contribution in [1.29, 1.82) is 0 Å². The molecule has 1 rings (SSSR count). The van der Waals surface area contributed by atoms with E-state index in [-0.39, 0.29) is 5.56 Å². The van der Waals surface area contributed by atoms with Crippen LogP contribution in [0, 0.1) is 11.6 Å². The van der Waals surface area contributed by atoms with Gasteiger partial charge in [0.15, 0.2) is 11.6 Å². The second kappa shape index (κ2) is 3.38. The third kappa shape index (κ3) is 2.14. The number of carbonyl (C=O) groups is 1. The molecular weight excluding hydrogens is 182 g/mol. The minimum Gasteiger partial charge on any atom is -0.505 e. The van der Waals surface area contributed by atoms with Crippen LogP contribution in [0.1, 0.15) is 5.56 Å². The van der Waals surface area contributed by atoms with Gasteiger partial charge in [0, 0.05) is 11.6 Å². The molecule has 0 aliphatic rings. The summed E-state index contributed by atoms with van der Waals surface area (Å²) in [7, 11) is 0. The van der Waals surface area contributed by atoms with Crippen LogP contribution < -0.4 is 0 Å². The smallest absolute Gasteiger partial charge is 0.307 e. The lowest BCUT2D eigenvalue weighted by molar-refractivity contribution is -0.136. The molecule has 0 fully saturated rings. The highest BCUT2D eigenvalue weighted by molar-refractivity contribution is 5.71. The molecule has 1 aromatic carbocycles. The van der Waals surface area contributed by atoms with E-state index in [9.17, 15) is 13.6 Å². The Bertz CT molecular complexity index is 349. The second-order valence-electron chi connectivity index (χ2n) is 2.47. The van der Waals surface area contributed by atoms with Crippen LogP contribution in [0.4, 0.5) is 8.78 Å². The van der Waals surface area contributed by atoms with Crippen molar-refractivity contribution in [2.24, 2.45) is 0 Å². The Hall–Kier alpha value is -1.65. The van der Waals surface area contributed by atoms with Crippen LogP contribution in [-0.2, 0) is 11.2 Å². The summed E-state index contributed by atoms with van der Waals surface area (Å²) in [5.74, 6) is -4.15. The molecule has 0 atom stereocenters. The molecule has 1 aromatic rings. The first-order valence-corrected chi connectivity index (χ1v) is 3.39. The molecule has 0 unspecified atom stereocenters. The third-order valence-corrected chi connectivity index (χ3v) is 1.45. The van der Waals surface area contributed by atoms with Gasteiger partial charge >= 0.3 is 5.97 Å². The minimum absolute atomic E-state index is 0.273. The maximum Gasteiger partial charge on any atom is 0.307 e. The number of carboxylic acid groups (broad SMARTS) is 1. The van der Waals surface area contributed by atoms with Gasteiger partial charge in [0.1, 0.15) is 5.82 Å². The first kappa shape index (κ1) is 9.44. The maximum absolute atomic E-state index is 12.6. The fraction of sp³-hybridized carbons (Fsp3) is 0.125. The fourth-order valence-corrected chi connectivity index (χ4v) is 0.917. The largest absolute Gasteiger partial charge is 0.505 e. The second-order valence-corrected chi connectivity index (χ2v) is 2.47. The molecule has 0 saturated carbocycles. The number of phenolic OH excluding ortho intramolecular Hbond substituents is 1. The highest BCUT2D eigenvalue weighted by Gasteiger charge is 2.12. The molecule has 5 heteroatoms. The molecule has 0 radical (unpaired) electrons. The van der Waals surface area contributed by atoms with Crippen LogP contribution in [0.2, 0.25) is 0 Å². The number of hydrogen-bond acceptors (Lipinski definition) is 2. The first-order chi connectivity index (χ1) is 6.00. The fourth-order valence-electron chi connectivity index (χ4n) is 0.917. The van der Waals surface area contributed by atoms with Crippen molar-refractivity contribution in [2.75, 3.05) is 0 Å². The highest BCUT2D eigenvalue weighted by atomic mass is 19.1. The van der Waals surface area contributed by atoms with Crippen LogP contribution in [0.3, 0.4) is 0 Å².